The lowest BCUT2D eigenvalue weighted by atomic mass is 10.2. The predicted molar refractivity (Wildman–Crippen MR) is 107 cm³/mol. The van der Waals surface area contributed by atoms with Crippen molar-refractivity contribution in [3.63, 3.8) is 0 Å². The van der Waals surface area contributed by atoms with Crippen molar-refractivity contribution in [3.8, 4) is 17.1 Å². The minimum atomic E-state index is -0.240. The Morgan fingerprint density at radius 3 is 2.70 bits per heavy atom. The molecule has 0 saturated carbocycles. The summed E-state index contributed by atoms with van der Waals surface area (Å²) in [6, 6.07) is 17.2. The SMILES string of the molecule is CCOc1ccccc1NC(=O)NCCCn1ccnc1-c1ccccc1. The number of aryl methyl sites for hydroxylation is 1. The third kappa shape index (κ3) is 5.10. The van der Waals surface area contributed by atoms with Gasteiger partial charge in [-0.1, -0.05) is 42.5 Å². The van der Waals surface area contributed by atoms with Gasteiger partial charge in [-0.3, -0.25) is 0 Å². The third-order valence-electron chi connectivity index (χ3n) is 4.04. The Morgan fingerprint density at radius 1 is 1.11 bits per heavy atom. The molecule has 3 aromatic rings. The second-order valence-electron chi connectivity index (χ2n) is 5.97. The summed E-state index contributed by atoms with van der Waals surface area (Å²) in [4.78, 5) is 16.6. The van der Waals surface area contributed by atoms with Gasteiger partial charge in [0.15, 0.2) is 0 Å². The van der Waals surface area contributed by atoms with Crippen LogP contribution in [-0.4, -0.2) is 28.7 Å². The molecular formula is C21H24N4O2. The minimum Gasteiger partial charge on any atom is -0.492 e. The Kier molecular flexibility index (Phi) is 6.46. The molecule has 0 bridgehead atoms. The largest absolute Gasteiger partial charge is 0.492 e. The first kappa shape index (κ1) is 18.5. The molecule has 0 spiro atoms. The van der Waals surface area contributed by atoms with Gasteiger partial charge >= 0.3 is 6.03 Å². The quantitative estimate of drug-likeness (QED) is 0.590. The van der Waals surface area contributed by atoms with Gasteiger partial charge in [-0.2, -0.15) is 0 Å². The van der Waals surface area contributed by atoms with Crippen LogP contribution in [0.1, 0.15) is 13.3 Å². The van der Waals surface area contributed by atoms with Crippen molar-refractivity contribution < 1.29 is 9.53 Å². The number of carbonyl (C=O) groups is 1. The van der Waals surface area contributed by atoms with Crippen LogP contribution in [0.2, 0.25) is 0 Å². The topological polar surface area (TPSA) is 68.2 Å². The first-order valence-corrected chi connectivity index (χ1v) is 9.11. The highest BCUT2D eigenvalue weighted by Crippen LogP contribution is 2.23. The fourth-order valence-corrected chi connectivity index (χ4v) is 2.81. The summed E-state index contributed by atoms with van der Waals surface area (Å²) in [6.45, 7) is 3.81. The first-order valence-electron chi connectivity index (χ1n) is 9.11. The van der Waals surface area contributed by atoms with Gasteiger partial charge in [0, 0.05) is 31.0 Å². The van der Waals surface area contributed by atoms with Gasteiger partial charge in [0.2, 0.25) is 0 Å². The molecule has 1 aromatic heterocycles. The summed E-state index contributed by atoms with van der Waals surface area (Å²) in [7, 11) is 0. The molecule has 27 heavy (non-hydrogen) atoms. The Morgan fingerprint density at radius 2 is 1.89 bits per heavy atom. The number of urea groups is 1. The number of hydrogen-bond acceptors (Lipinski definition) is 3. The van der Waals surface area contributed by atoms with E-state index in [1.807, 2.05) is 67.7 Å². The van der Waals surface area contributed by atoms with Gasteiger partial charge in [-0.15, -0.1) is 0 Å². The molecule has 3 rings (SSSR count). The number of para-hydroxylation sites is 2. The van der Waals surface area contributed by atoms with Crippen LogP contribution < -0.4 is 15.4 Å². The van der Waals surface area contributed by atoms with Crippen molar-refractivity contribution in [1.82, 2.24) is 14.9 Å². The van der Waals surface area contributed by atoms with E-state index in [0.717, 1.165) is 24.4 Å². The zero-order valence-corrected chi connectivity index (χ0v) is 15.4. The molecule has 0 saturated heterocycles. The molecule has 0 aliphatic heterocycles. The van der Waals surface area contributed by atoms with Crippen molar-refractivity contribution in [1.29, 1.82) is 0 Å². The van der Waals surface area contributed by atoms with Crippen molar-refractivity contribution in [2.24, 2.45) is 0 Å². The molecule has 0 unspecified atom stereocenters. The average Bonchev–Trinajstić information content (AvgIpc) is 3.16. The first-order chi connectivity index (χ1) is 13.3. The normalized spacial score (nSPS) is 10.4. The van der Waals surface area contributed by atoms with Crippen molar-refractivity contribution in [2.45, 2.75) is 19.9 Å². The zero-order chi connectivity index (χ0) is 18.9. The van der Waals surface area contributed by atoms with Crippen LogP contribution in [0, 0.1) is 0 Å². The number of nitrogens with zero attached hydrogens (tertiary/aromatic N) is 2. The highest BCUT2D eigenvalue weighted by Gasteiger charge is 2.08. The summed E-state index contributed by atoms with van der Waals surface area (Å²) in [5, 5.41) is 5.71. The van der Waals surface area contributed by atoms with Gasteiger partial charge in [-0.05, 0) is 25.5 Å². The Balaban J connectivity index is 1.47. The molecule has 6 nitrogen and oxygen atoms in total. The lowest BCUT2D eigenvalue weighted by Crippen LogP contribution is -2.30. The summed E-state index contributed by atoms with van der Waals surface area (Å²) in [5.41, 5.74) is 1.75. The summed E-state index contributed by atoms with van der Waals surface area (Å²) in [6.07, 6.45) is 4.56. The molecular weight excluding hydrogens is 340 g/mol. The average molecular weight is 364 g/mol. The molecule has 2 N–H and O–H groups in total. The Bertz CT molecular complexity index is 861. The van der Waals surface area contributed by atoms with Gasteiger partial charge in [0.05, 0.1) is 12.3 Å². The maximum absolute atomic E-state index is 12.1. The number of ether oxygens (including phenoxy) is 1. The third-order valence-corrected chi connectivity index (χ3v) is 4.04. The number of nitrogens with one attached hydrogen (secondary N) is 2. The number of hydrogen-bond donors (Lipinski definition) is 2. The predicted octanol–water partition coefficient (Wildman–Crippen LogP) is 4.16. The molecule has 2 aromatic carbocycles. The molecule has 140 valence electrons. The highest BCUT2D eigenvalue weighted by atomic mass is 16.5. The van der Waals surface area contributed by atoms with Crippen molar-refractivity contribution in [2.75, 3.05) is 18.5 Å². The molecule has 0 aliphatic carbocycles. The van der Waals surface area contributed by atoms with E-state index >= 15 is 0 Å². The summed E-state index contributed by atoms with van der Waals surface area (Å²) in [5.74, 6) is 1.60. The van der Waals surface area contributed by atoms with E-state index in [1.54, 1.807) is 6.20 Å². The van der Waals surface area contributed by atoms with Crippen LogP contribution in [0.25, 0.3) is 11.4 Å². The molecule has 0 fully saturated rings. The van der Waals surface area contributed by atoms with E-state index in [1.165, 1.54) is 0 Å². The van der Waals surface area contributed by atoms with Gasteiger partial charge in [-0.25, -0.2) is 9.78 Å². The van der Waals surface area contributed by atoms with E-state index < -0.39 is 0 Å². The second-order valence-corrected chi connectivity index (χ2v) is 5.97. The van der Waals surface area contributed by atoms with Crippen LogP contribution in [0.5, 0.6) is 5.75 Å². The van der Waals surface area contributed by atoms with Gasteiger partial charge in [0.25, 0.3) is 0 Å². The molecule has 0 atom stereocenters. The van der Waals surface area contributed by atoms with E-state index in [-0.39, 0.29) is 6.03 Å². The highest BCUT2D eigenvalue weighted by molar-refractivity contribution is 5.90. The number of carbonyl (C=O) groups excluding carboxylic acids is 1. The zero-order valence-electron chi connectivity index (χ0n) is 15.4. The van der Waals surface area contributed by atoms with Crippen molar-refractivity contribution >= 4 is 11.7 Å². The number of rotatable bonds is 8. The monoisotopic (exact) mass is 364 g/mol. The second kappa shape index (κ2) is 9.43. The van der Waals surface area contributed by atoms with Crippen LogP contribution in [0.15, 0.2) is 67.0 Å². The Labute approximate surface area is 159 Å². The van der Waals surface area contributed by atoms with Gasteiger partial charge in [0.1, 0.15) is 11.6 Å². The number of benzene rings is 2. The van der Waals surface area contributed by atoms with E-state index in [2.05, 4.69) is 20.2 Å². The standard InChI is InChI=1S/C21H24N4O2/c1-2-27-19-12-7-6-11-18(19)24-21(26)23-13-8-15-25-16-14-22-20(25)17-9-4-3-5-10-17/h3-7,9-12,14,16H,2,8,13,15H2,1H3,(H2,23,24,26). The van der Waals surface area contributed by atoms with Crippen LogP contribution in [0.3, 0.4) is 0 Å². The van der Waals surface area contributed by atoms with E-state index in [9.17, 15) is 4.79 Å². The summed E-state index contributed by atoms with van der Waals surface area (Å²) < 4.78 is 7.61. The maximum Gasteiger partial charge on any atom is 0.319 e. The smallest absolute Gasteiger partial charge is 0.319 e. The minimum absolute atomic E-state index is 0.240. The molecule has 0 aliphatic rings. The van der Waals surface area contributed by atoms with E-state index in [4.69, 9.17) is 4.74 Å². The molecule has 2 amide bonds. The Hall–Kier alpha value is -3.28. The summed E-state index contributed by atoms with van der Waals surface area (Å²) >= 11 is 0. The van der Waals surface area contributed by atoms with E-state index in [0.29, 0.717) is 24.6 Å². The number of amides is 2. The van der Waals surface area contributed by atoms with Crippen LogP contribution >= 0.6 is 0 Å². The van der Waals surface area contributed by atoms with Crippen LogP contribution in [-0.2, 0) is 6.54 Å². The maximum atomic E-state index is 12.1. The lowest BCUT2D eigenvalue weighted by Gasteiger charge is -2.12. The fourth-order valence-electron chi connectivity index (χ4n) is 2.81. The fraction of sp³-hybridized carbons (Fsp3) is 0.238. The molecule has 6 heteroatoms. The van der Waals surface area contributed by atoms with Crippen molar-refractivity contribution in [3.05, 3.63) is 67.0 Å². The van der Waals surface area contributed by atoms with Crippen LogP contribution in [0.4, 0.5) is 10.5 Å². The van der Waals surface area contributed by atoms with Gasteiger partial charge < -0.3 is 19.9 Å². The molecule has 0 radical (unpaired) electrons. The lowest BCUT2D eigenvalue weighted by molar-refractivity contribution is 0.251. The number of imidazole rings is 1. The number of anilines is 1. The molecule has 1 heterocycles. The number of aromatic nitrogens is 2.